The Hall–Kier alpha value is -0.210. The van der Waals surface area contributed by atoms with Gasteiger partial charge in [-0.2, -0.15) is 0 Å². The van der Waals surface area contributed by atoms with Gasteiger partial charge in [-0.1, -0.05) is 6.92 Å². The molecule has 0 saturated heterocycles. The Labute approximate surface area is 117 Å². The van der Waals surface area contributed by atoms with Crippen LogP contribution in [0.25, 0.3) is 0 Å². The van der Waals surface area contributed by atoms with Gasteiger partial charge in [0.05, 0.1) is 50.6 Å². The summed E-state index contributed by atoms with van der Waals surface area (Å²) in [4.78, 5) is 0. The highest BCUT2D eigenvalue weighted by molar-refractivity contribution is 7.85. The van der Waals surface area contributed by atoms with E-state index in [1.165, 1.54) is 0 Å². The molecule has 0 aliphatic rings. The monoisotopic (exact) mass is 297 g/mol. The lowest BCUT2D eigenvalue weighted by molar-refractivity contribution is -0.890. The third-order valence-corrected chi connectivity index (χ3v) is 3.51. The standard InChI is InChI=1S/C12H27NO5S/c1-4-8-17-10-11-18-9-7-13(2,3)6-5-12-19(14,15)16/h4-12H2,1-3H3. The summed E-state index contributed by atoms with van der Waals surface area (Å²) in [6, 6.07) is 0. The minimum Gasteiger partial charge on any atom is -0.748 e. The van der Waals surface area contributed by atoms with Gasteiger partial charge in [-0.25, -0.2) is 8.42 Å². The Morgan fingerprint density at radius 3 is 2.11 bits per heavy atom. The minimum absolute atomic E-state index is 0.291. The lowest BCUT2D eigenvalue weighted by Crippen LogP contribution is -2.43. The second-order valence-electron chi connectivity index (χ2n) is 5.22. The summed E-state index contributed by atoms with van der Waals surface area (Å²) in [5, 5.41) is 0. The highest BCUT2D eigenvalue weighted by atomic mass is 32.2. The van der Waals surface area contributed by atoms with Crippen molar-refractivity contribution in [1.29, 1.82) is 0 Å². The zero-order chi connectivity index (χ0) is 14.8. The van der Waals surface area contributed by atoms with Gasteiger partial charge in [-0.15, -0.1) is 0 Å². The maximum atomic E-state index is 10.5. The smallest absolute Gasteiger partial charge is 0.102 e. The summed E-state index contributed by atoms with van der Waals surface area (Å²) < 4.78 is 42.9. The van der Waals surface area contributed by atoms with Crippen LogP contribution in [0, 0.1) is 0 Å². The summed E-state index contributed by atoms with van der Waals surface area (Å²) in [7, 11) is -0.104. The SMILES string of the molecule is CCCOCCOCC[N+](C)(C)CCCS(=O)(=O)[O-]. The van der Waals surface area contributed by atoms with Gasteiger partial charge in [0.25, 0.3) is 0 Å². The zero-order valence-electron chi connectivity index (χ0n) is 12.3. The van der Waals surface area contributed by atoms with E-state index in [1.54, 1.807) is 0 Å². The molecule has 0 aliphatic carbocycles. The highest BCUT2D eigenvalue weighted by Gasteiger charge is 2.14. The molecule has 0 fully saturated rings. The van der Waals surface area contributed by atoms with Crippen molar-refractivity contribution >= 4 is 10.1 Å². The lowest BCUT2D eigenvalue weighted by Gasteiger charge is -2.29. The number of hydrogen-bond acceptors (Lipinski definition) is 5. The third kappa shape index (κ3) is 14.0. The van der Waals surface area contributed by atoms with Crippen LogP contribution < -0.4 is 0 Å². The zero-order valence-corrected chi connectivity index (χ0v) is 13.1. The summed E-state index contributed by atoms with van der Waals surface area (Å²) in [5.74, 6) is -0.291. The Morgan fingerprint density at radius 1 is 1.00 bits per heavy atom. The van der Waals surface area contributed by atoms with Crippen molar-refractivity contribution in [2.24, 2.45) is 0 Å². The van der Waals surface area contributed by atoms with E-state index in [1.807, 2.05) is 14.1 Å². The van der Waals surface area contributed by atoms with Crippen LogP contribution in [0.1, 0.15) is 19.8 Å². The molecule has 0 amide bonds. The van der Waals surface area contributed by atoms with Crippen LogP contribution in [0.15, 0.2) is 0 Å². The van der Waals surface area contributed by atoms with E-state index in [4.69, 9.17) is 9.47 Å². The van der Waals surface area contributed by atoms with Gasteiger partial charge in [0, 0.05) is 18.8 Å². The molecule has 6 nitrogen and oxygen atoms in total. The van der Waals surface area contributed by atoms with E-state index < -0.39 is 10.1 Å². The van der Waals surface area contributed by atoms with Crippen molar-refractivity contribution in [2.45, 2.75) is 19.8 Å². The van der Waals surface area contributed by atoms with Crippen molar-refractivity contribution in [3.05, 3.63) is 0 Å². The molecule has 0 rings (SSSR count). The summed E-state index contributed by atoms with van der Waals surface area (Å²) in [6.07, 6.45) is 1.39. The molecule has 0 bridgehead atoms. The second kappa shape index (κ2) is 9.66. The van der Waals surface area contributed by atoms with E-state index in [9.17, 15) is 13.0 Å². The Morgan fingerprint density at radius 2 is 1.58 bits per heavy atom. The van der Waals surface area contributed by atoms with E-state index >= 15 is 0 Å². The van der Waals surface area contributed by atoms with Crippen LogP contribution in [0.3, 0.4) is 0 Å². The third-order valence-electron chi connectivity index (χ3n) is 2.72. The van der Waals surface area contributed by atoms with Crippen LogP contribution in [-0.2, 0) is 19.6 Å². The first-order chi connectivity index (χ1) is 8.77. The molecule has 116 valence electrons. The molecule has 0 radical (unpaired) electrons. The number of quaternary nitrogens is 1. The van der Waals surface area contributed by atoms with Crippen LogP contribution in [0.2, 0.25) is 0 Å². The van der Waals surface area contributed by atoms with Gasteiger partial charge in [0.1, 0.15) is 6.54 Å². The lowest BCUT2D eigenvalue weighted by atomic mass is 10.4. The molecule has 0 unspecified atom stereocenters. The van der Waals surface area contributed by atoms with Crippen molar-refractivity contribution in [3.63, 3.8) is 0 Å². The molecule has 7 heteroatoms. The van der Waals surface area contributed by atoms with Crippen molar-refractivity contribution < 1.29 is 26.9 Å². The maximum absolute atomic E-state index is 10.5. The molecule has 0 aliphatic heterocycles. The van der Waals surface area contributed by atoms with Gasteiger partial charge in [0.2, 0.25) is 0 Å². The van der Waals surface area contributed by atoms with E-state index in [0.717, 1.165) is 19.6 Å². The Balaban J connectivity index is 3.56. The first-order valence-corrected chi connectivity index (χ1v) is 8.25. The Kier molecular flexibility index (Phi) is 9.55. The number of nitrogens with zero attached hydrogens (tertiary/aromatic N) is 1. The largest absolute Gasteiger partial charge is 0.748 e. The summed E-state index contributed by atoms with van der Waals surface area (Å²) >= 11 is 0. The quantitative estimate of drug-likeness (QED) is 0.297. The van der Waals surface area contributed by atoms with Crippen molar-refractivity contribution in [2.75, 3.05) is 59.4 Å². The molecule has 0 aromatic rings. The van der Waals surface area contributed by atoms with Gasteiger partial charge in [-0.05, 0) is 6.42 Å². The van der Waals surface area contributed by atoms with Crippen LogP contribution in [-0.4, -0.2) is 76.8 Å². The molecule has 0 aromatic carbocycles. The topological polar surface area (TPSA) is 75.7 Å². The summed E-state index contributed by atoms with van der Waals surface area (Å²) in [6.45, 7) is 6.04. The second-order valence-corrected chi connectivity index (χ2v) is 6.75. The van der Waals surface area contributed by atoms with Crippen LogP contribution in [0.5, 0.6) is 0 Å². The fourth-order valence-corrected chi connectivity index (χ4v) is 2.04. The molecule has 0 saturated carbocycles. The normalized spacial score (nSPS) is 12.8. The Bertz CT molecular complexity index is 316. The molecule has 0 N–H and O–H groups in total. The number of likely N-dealkylation sites (N-methyl/N-ethyl adjacent to an activating group) is 1. The predicted octanol–water partition coefficient (Wildman–Crippen LogP) is 0.441. The average Bonchev–Trinajstić information content (AvgIpc) is 2.25. The van der Waals surface area contributed by atoms with Crippen LogP contribution >= 0.6 is 0 Å². The first kappa shape index (κ1) is 18.8. The summed E-state index contributed by atoms with van der Waals surface area (Å²) in [5.41, 5.74) is 0. The van der Waals surface area contributed by atoms with Gasteiger partial charge in [-0.3, -0.25) is 0 Å². The van der Waals surface area contributed by atoms with Gasteiger partial charge < -0.3 is 18.5 Å². The van der Waals surface area contributed by atoms with Crippen molar-refractivity contribution in [1.82, 2.24) is 0 Å². The highest BCUT2D eigenvalue weighted by Crippen LogP contribution is 2.01. The molecular formula is C12H27NO5S. The van der Waals surface area contributed by atoms with Crippen molar-refractivity contribution in [3.8, 4) is 0 Å². The predicted molar refractivity (Wildman–Crippen MR) is 73.0 cm³/mol. The molecule has 0 atom stereocenters. The molecule has 19 heavy (non-hydrogen) atoms. The molecule has 0 heterocycles. The molecular weight excluding hydrogens is 270 g/mol. The van der Waals surface area contributed by atoms with E-state index in [-0.39, 0.29) is 5.75 Å². The van der Waals surface area contributed by atoms with E-state index in [0.29, 0.717) is 37.3 Å². The van der Waals surface area contributed by atoms with Gasteiger partial charge >= 0.3 is 0 Å². The fourth-order valence-electron chi connectivity index (χ4n) is 1.56. The maximum Gasteiger partial charge on any atom is 0.102 e. The van der Waals surface area contributed by atoms with Crippen LogP contribution in [0.4, 0.5) is 0 Å². The minimum atomic E-state index is -4.09. The molecule has 0 spiro atoms. The number of rotatable bonds is 12. The number of hydrogen-bond donors (Lipinski definition) is 0. The first-order valence-electron chi connectivity index (χ1n) is 6.68. The number of ether oxygens (including phenoxy) is 2. The fraction of sp³-hybridized carbons (Fsp3) is 1.00. The van der Waals surface area contributed by atoms with E-state index in [2.05, 4.69) is 6.92 Å². The molecule has 0 aromatic heterocycles. The van der Waals surface area contributed by atoms with Gasteiger partial charge in [0.15, 0.2) is 0 Å². The average molecular weight is 297 g/mol.